The van der Waals surface area contributed by atoms with Crippen LogP contribution < -0.4 is 0 Å². The Morgan fingerprint density at radius 3 is 2.25 bits per heavy atom. The van der Waals surface area contributed by atoms with E-state index in [1.54, 1.807) is 0 Å². The first-order valence-corrected chi connectivity index (χ1v) is 4.79. The molecule has 0 aliphatic heterocycles. The molecule has 0 aromatic heterocycles. The topological polar surface area (TPSA) is 23.5 Å². The van der Waals surface area contributed by atoms with E-state index < -0.39 is 0 Å². The van der Waals surface area contributed by atoms with E-state index in [1.165, 1.54) is 0 Å². The van der Waals surface area contributed by atoms with Crippen LogP contribution in [0, 0.1) is 0 Å². The molecule has 74 valence electrons. The number of aliphatic hydroxyl groups excluding tert-OH is 1. The number of nitrogens with zero attached hydrogens (tertiary/aromatic N) is 1. The molecule has 0 aliphatic carbocycles. The fraction of sp³-hybridized carbons (Fsp3) is 1.00. The first kappa shape index (κ1) is 11.9. The molecule has 1 unspecified atom stereocenters. The van der Waals surface area contributed by atoms with Gasteiger partial charge in [-0.2, -0.15) is 0 Å². The van der Waals surface area contributed by atoms with E-state index in [2.05, 4.69) is 32.7 Å². The maximum atomic E-state index is 9.11. The Labute approximate surface area is 76.6 Å². The van der Waals surface area contributed by atoms with Gasteiger partial charge in [-0.1, -0.05) is 6.92 Å². The average molecular weight is 173 g/mol. The molecular weight excluding hydrogens is 150 g/mol. The molecule has 0 heterocycles. The SMILES string of the molecule is CCC(C)(C)N(C)CCC(C)O. The highest BCUT2D eigenvalue weighted by molar-refractivity contribution is 4.77. The quantitative estimate of drug-likeness (QED) is 0.686. The fourth-order valence-corrected chi connectivity index (χ4v) is 0.953. The maximum absolute atomic E-state index is 9.11. The van der Waals surface area contributed by atoms with E-state index >= 15 is 0 Å². The Balaban J connectivity index is 3.78. The van der Waals surface area contributed by atoms with E-state index in [0.29, 0.717) is 0 Å². The Bertz CT molecular complexity index is 121. The minimum absolute atomic E-state index is 0.180. The van der Waals surface area contributed by atoms with Crippen molar-refractivity contribution in [3.8, 4) is 0 Å². The Kier molecular flexibility index (Phi) is 4.80. The predicted molar refractivity (Wildman–Crippen MR) is 53.3 cm³/mol. The van der Waals surface area contributed by atoms with Crippen LogP contribution in [-0.2, 0) is 0 Å². The lowest BCUT2D eigenvalue weighted by Gasteiger charge is -2.35. The largest absolute Gasteiger partial charge is 0.393 e. The van der Waals surface area contributed by atoms with Gasteiger partial charge in [0, 0.05) is 12.1 Å². The molecule has 0 bridgehead atoms. The Morgan fingerprint density at radius 2 is 1.92 bits per heavy atom. The molecule has 0 saturated carbocycles. The molecule has 0 radical (unpaired) electrons. The summed E-state index contributed by atoms with van der Waals surface area (Å²) in [6.45, 7) is 9.47. The second kappa shape index (κ2) is 4.83. The van der Waals surface area contributed by atoms with Gasteiger partial charge in [-0.25, -0.2) is 0 Å². The van der Waals surface area contributed by atoms with E-state index in [4.69, 9.17) is 5.11 Å². The summed E-state index contributed by atoms with van der Waals surface area (Å²) >= 11 is 0. The molecule has 0 amide bonds. The zero-order valence-electron chi connectivity index (χ0n) is 9.09. The van der Waals surface area contributed by atoms with Crippen molar-refractivity contribution < 1.29 is 5.11 Å². The van der Waals surface area contributed by atoms with Gasteiger partial charge in [-0.05, 0) is 40.7 Å². The number of hydrogen-bond acceptors (Lipinski definition) is 2. The molecule has 0 spiro atoms. The normalized spacial score (nSPS) is 15.2. The van der Waals surface area contributed by atoms with E-state index in [-0.39, 0.29) is 11.6 Å². The Morgan fingerprint density at radius 1 is 1.42 bits per heavy atom. The van der Waals surface area contributed by atoms with Crippen LogP contribution in [0.1, 0.15) is 40.5 Å². The van der Waals surface area contributed by atoms with Gasteiger partial charge in [0.25, 0.3) is 0 Å². The van der Waals surface area contributed by atoms with Crippen molar-refractivity contribution in [2.24, 2.45) is 0 Å². The average Bonchev–Trinajstić information content (AvgIpc) is 2.00. The van der Waals surface area contributed by atoms with Gasteiger partial charge in [0.1, 0.15) is 0 Å². The zero-order chi connectivity index (χ0) is 9.78. The first-order chi connectivity index (χ1) is 5.40. The van der Waals surface area contributed by atoms with Crippen LogP contribution in [0.2, 0.25) is 0 Å². The van der Waals surface area contributed by atoms with Gasteiger partial charge >= 0.3 is 0 Å². The molecule has 2 heteroatoms. The van der Waals surface area contributed by atoms with Crippen LogP contribution in [0.3, 0.4) is 0 Å². The maximum Gasteiger partial charge on any atom is 0.0524 e. The van der Waals surface area contributed by atoms with Crippen molar-refractivity contribution >= 4 is 0 Å². The summed E-state index contributed by atoms with van der Waals surface area (Å²) in [7, 11) is 2.12. The second-order valence-corrected chi connectivity index (χ2v) is 4.23. The summed E-state index contributed by atoms with van der Waals surface area (Å²) in [6.07, 6.45) is 1.82. The second-order valence-electron chi connectivity index (χ2n) is 4.23. The Hall–Kier alpha value is -0.0800. The fourth-order valence-electron chi connectivity index (χ4n) is 0.953. The minimum atomic E-state index is -0.180. The van der Waals surface area contributed by atoms with Crippen LogP contribution in [-0.4, -0.2) is 35.2 Å². The molecule has 0 fully saturated rings. The van der Waals surface area contributed by atoms with Gasteiger partial charge in [0.15, 0.2) is 0 Å². The van der Waals surface area contributed by atoms with Crippen LogP contribution in [0.15, 0.2) is 0 Å². The van der Waals surface area contributed by atoms with Crippen LogP contribution in [0.4, 0.5) is 0 Å². The van der Waals surface area contributed by atoms with Crippen molar-refractivity contribution in [2.75, 3.05) is 13.6 Å². The van der Waals surface area contributed by atoms with Gasteiger partial charge in [-0.15, -0.1) is 0 Å². The number of hydrogen-bond donors (Lipinski definition) is 1. The van der Waals surface area contributed by atoms with E-state index in [0.717, 1.165) is 19.4 Å². The third kappa shape index (κ3) is 4.07. The predicted octanol–water partition coefficient (Wildman–Crippen LogP) is 1.88. The van der Waals surface area contributed by atoms with Crippen molar-refractivity contribution in [3.63, 3.8) is 0 Å². The third-order valence-corrected chi connectivity index (χ3v) is 2.78. The monoisotopic (exact) mass is 173 g/mol. The molecule has 0 saturated heterocycles. The van der Waals surface area contributed by atoms with Gasteiger partial charge in [0.2, 0.25) is 0 Å². The smallest absolute Gasteiger partial charge is 0.0524 e. The summed E-state index contributed by atoms with van der Waals surface area (Å²) < 4.78 is 0. The van der Waals surface area contributed by atoms with Gasteiger partial charge in [0.05, 0.1) is 6.10 Å². The highest BCUT2D eigenvalue weighted by Gasteiger charge is 2.20. The summed E-state index contributed by atoms with van der Waals surface area (Å²) in [5, 5.41) is 9.11. The lowest BCUT2D eigenvalue weighted by atomic mass is 9.99. The lowest BCUT2D eigenvalue weighted by Crippen LogP contribution is -2.41. The lowest BCUT2D eigenvalue weighted by molar-refractivity contribution is 0.112. The van der Waals surface area contributed by atoms with Crippen molar-refractivity contribution in [3.05, 3.63) is 0 Å². The molecule has 1 N–H and O–H groups in total. The summed E-state index contributed by atoms with van der Waals surface area (Å²) in [5.74, 6) is 0. The van der Waals surface area contributed by atoms with Crippen molar-refractivity contribution in [2.45, 2.75) is 52.2 Å². The third-order valence-electron chi connectivity index (χ3n) is 2.78. The summed E-state index contributed by atoms with van der Waals surface area (Å²) in [5.41, 5.74) is 0.259. The summed E-state index contributed by atoms with van der Waals surface area (Å²) in [6, 6.07) is 0. The molecule has 0 aromatic rings. The van der Waals surface area contributed by atoms with Gasteiger partial charge in [-0.3, -0.25) is 0 Å². The van der Waals surface area contributed by atoms with E-state index in [1.807, 2.05) is 6.92 Å². The molecule has 12 heavy (non-hydrogen) atoms. The molecular formula is C10H23NO. The highest BCUT2D eigenvalue weighted by atomic mass is 16.3. The minimum Gasteiger partial charge on any atom is -0.393 e. The van der Waals surface area contributed by atoms with Crippen molar-refractivity contribution in [1.82, 2.24) is 4.90 Å². The zero-order valence-corrected chi connectivity index (χ0v) is 9.09. The highest BCUT2D eigenvalue weighted by Crippen LogP contribution is 2.16. The van der Waals surface area contributed by atoms with Gasteiger partial charge < -0.3 is 10.0 Å². The number of aliphatic hydroxyl groups is 1. The number of rotatable bonds is 5. The van der Waals surface area contributed by atoms with E-state index in [9.17, 15) is 0 Å². The molecule has 1 atom stereocenters. The standard InChI is InChI=1S/C10H23NO/c1-6-10(3,4)11(5)8-7-9(2)12/h9,12H,6-8H2,1-5H3. The molecule has 0 aromatic carbocycles. The molecule has 0 rings (SSSR count). The van der Waals surface area contributed by atoms with Crippen molar-refractivity contribution in [1.29, 1.82) is 0 Å². The molecule has 2 nitrogen and oxygen atoms in total. The van der Waals surface area contributed by atoms with Crippen LogP contribution in [0.5, 0.6) is 0 Å². The summed E-state index contributed by atoms with van der Waals surface area (Å²) in [4.78, 5) is 2.31. The first-order valence-electron chi connectivity index (χ1n) is 4.79. The van der Waals surface area contributed by atoms with Crippen LogP contribution in [0.25, 0.3) is 0 Å². The van der Waals surface area contributed by atoms with Crippen LogP contribution >= 0.6 is 0 Å². The molecule has 0 aliphatic rings.